The molecule has 152 valence electrons. The van der Waals surface area contributed by atoms with Crippen LogP contribution in [0, 0.1) is 0 Å². The van der Waals surface area contributed by atoms with Crippen molar-refractivity contribution in [1.29, 1.82) is 0 Å². The largest absolute Gasteiger partial charge is 0.492 e. The Balaban J connectivity index is 1.36. The third-order valence-electron chi connectivity index (χ3n) is 4.55. The van der Waals surface area contributed by atoms with Gasteiger partial charge in [-0.05, 0) is 42.8 Å². The first-order chi connectivity index (χ1) is 13.5. The molecule has 0 bridgehead atoms. The van der Waals surface area contributed by atoms with Gasteiger partial charge in [-0.15, -0.1) is 11.3 Å². The van der Waals surface area contributed by atoms with Gasteiger partial charge in [0, 0.05) is 25.6 Å². The molecule has 0 saturated carbocycles. The summed E-state index contributed by atoms with van der Waals surface area (Å²) in [5.74, 6) is 0.575. The number of nitrogens with one attached hydrogen (secondary N) is 1. The fraction of sp³-hybridized carbons (Fsp3) is 0.421. The maximum absolute atomic E-state index is 12.5. The Bertz CT molecular complexity index is 879. The lowest BCUT2D eigenvalue weighted by Crippen LogP contribution is -2.46. The van der Waals surface area contributed by atoms with Gasteiger partial charge < -0.3 is 10.1 Å². The minimum atomic E-state index is -3.41. The summed E-state index contributed by atoms with van der Waals surface area (Å²) >= 11 is 7.25. The summed E-state index contributed by atoms with van der Waals surface area (Å²) in [6.45, 7) is 1.25. The molecule has 0 spiro atoms. The van der Waals surface area contributed by atoms with Gasteiger partial charge in [0.15, 0.2) is 0 Å². The Labute approximate surface area is 174 Å². The first-order valence-electron chi connectivity index (χ1n) is 9.17. The number of benzene rings is 1. The van der Waals surface area contributed by atoms with Gasteiger partial charge in [0.25, 0.3) is 10.0 Å². The van der Waals surface area contributed by atoms with Gasteiger partial charge >= 0.3 is 0 Å². The molecule has 1 aromatic heterocycles. The quantitative estimate of drug-likeness (QED) is 0.634. The van der Waals surface area contributed by atoms with E-state index >= 15 is 0 Å². The van der Waals surface area contributed by atoms with Crippen LogP contribution in [0.4, 0.5) is 0 Å². The minimum absolute atomic E-state index is 0.00627. The van der Waals surface area contributed by atoms with Crippen LogP contribution in [-0.2, 0) is 14.8 Å². The van der Waals surface area contributed by atoms with Crippen LogP contribution in [-0.4, -0.2) is 44.4 Å². The summed E-state index contributed by atoms with van der Waals surface area (Å²) in [5, 5.41) is 5.31. The van der Waals surface area contributed by atoms with Crippen LogP contribution in [0.3, 0.4) is 0 Å². The number of carbonyl (C=O) groups excluding carboxylic acids is 1. The predicted octanol–water partition coefficient (Wildman–Crippen LogP) is 3.53. The van der Waals surface area contributed by atoms with Crippen LogP contribution in [0.15, 0.2) is 46.0 Å². The molecule has 9 heteroatoms. The van der Waals surface area contributed by atoms with Crippen molar-refractivity contribution in [2.45, 2.75) is 35.9 Å². The summed E-state index contributed by atoms with van der Waals surface area (Å²) in [7, 11) is -3.41. The number of carbonyl (C=O) groups is 1. The van der Waals surface area contributed by atoms with Crippen LogP contribution < -0.4 is 10.1 Å². The molecule has 1 fully saturated rings. The Morgan fingerprint density at radius 1 is 1.21 bits per heavy atom. The van der Waals surface area contributed by atoms with Crippen molar-refractivity contribution in [1.82, 2.24) is 9.62 Å². The third kappa shape index (κ3) is 5.47. The number of thiophene rings is 1. The lowest BCUT2D eigenvalue weighted by atomic mass is 10.1. The topological polar surface area (TPSA) is 75.7 Å². The molecule has 0 radical (unpaired) electrons. The average molecular weight is 443 g/mol. The molecule has 1 aromatic carbocycles. The smallest absolute Gasteiger partial charge is 0.252 e. The van der Waals surface area contributed by atoms with Crippen molar-refractivity contribution in [2.75, 3.05) is 19.7 Å². The molecule has 0 aliphatic carbocycles. The summed E-state index contributed by atoms with van der Waals surface area (Å²) in [5.41, 5.74) is 0. The van der Waals surface area contributed by atoms with Crippen molar-refractivity contribution in [2.24, 2.45) is 0 Å². The molecule has 6 nitrogen and oxygen atoms in total. The summed E-state index contributed by atoms with van der Waals surface area (Å²) in [4.78, 5) is 12.1. The van der Waals surface area contributed by atoms with Crippen LogP contribution in [0.2, 0.25) is 5.02 Å². The number of hydrogen-bond acceptors (Lipinski definition) is 5. The number of hydrogen-bond donors (Lipinski definition) is 1. The van der Waals surface area contributed by atoms with E-state index in [1.807, 2.05) is 12.1 Å². The first-order valence-corrected chi connectivity index (χ1v) is 11.9. The molecule has 0 unspecified atom stereocenters. The van der Waals surface area contributed by atoms with E-state index in [0.717, 1.165) is 0 Å². The fourth-order valence-electron chi connectivity index (χ4n) is 3.05. The Hall–Kier alpha value is -1.61. The number of ether oxygens (including phenoxy) is 1. The second-order valence-corrected chi connectivity index (χ2v) is 10.1. The molecule has 0 atom stereocenters. The van der Waals surface area contributed by atoms with E-state index in [0.29, 0.717) is 60.4 Å². The Morgan fingerprint density at radius 3 is 2.64 bits per heavy atom. The third-order valence-corrected chi connectivity index (χ3v) is 8.13. The number of sulfonamides is 1. The van der Waals surface area contributed by atoms with Crippen LogP contribution in [0.5, 0.6) is 5.75 Å². The molecule has 1 amide bonds. The molecule has 1 aliphatic rings. The first kappa shape index (κ1) is 21.1. The Kier molecular flexibility index (Phi) is 7.34. The average Bonchev–Trinajstić information content (AvgIpc) is 3.23. The van der Waals surface area contributed by atoms with Gasteiger partial charge in [-0.25, -0.2) is 8.42 Å². The minimum Gasteiger partial charge on any atom is -0.492 e. The summed E-state index contributed by atoms with van der Waals surface area (Å²) in [6, 6.07) is 10.6. The highest BCUT2D eigenvalue weighted by atomic mass is 35.5. The Morgan fingerprint density at radius 2 is 1.96 bits per heavy atom. The van der Waals surface area contributed by atoms with E-state index < -0.39 is 10.0 Å². The summed E-state index contributed by atoms with van der Waals surface area (Å²) < 4.78 is 32.5. The van der Waals surface area contributed by atoms with Gasteiger partial charge in [0.05, 0.1) is 11.6 Å². The maximum Gasteiger partial charge on any atom is 0.252 e. The van der Waals surface area contributed by atoms with E-state index in [1.54, 1.807) is 29.6 Å². The van der Waals surface area contributed by atoms with Gasteiger partial charge in [0.1, 0.15) is 9.96 Å². The SMILES string of the molecule is O=C(CCCOc1ccccc1Cl)NC1CCN(S(=O)(=O)c2cccs2)CC1. The van der Waals surface area contributed by atoms with Crippen LogP contribution >= 0.6 is 22.9 Å². The van der Waals surface area contributed by atoms with Crippen molar-refractivity contribution in [3.63, 3.8) is 0 Å². The highest BCUT2D eigenvalue weighted by Crippen LogP contribution is 2.25. The number of halogens is 1. The zero-order valence-corrected chi connectivity index (χ0v) is 17.7. The molecule has 2 heterocycles. The highest BCUT2D eigenvalue weighted by molar-refractivity contribution is 7.91. The number of rotatable bonds is 8. The molecule has 1 saturated heterocycles. The monoisotopic (exact) mass is 442 g/mol. The van der Waals surface area contributed by atoms with Crippen molar-refractivity contribution >= 4 is 38.9 Å². The van der Waals surface area contributed by atoms with Gasteiger partial charge in [0.2, 0.25) is 5.91 Å². The number of nitrogens with zero attached hydrogens (tertiary/aromatic N) is 1. The lowest BCUT2D eigenvalue weighted by Gasteiger charge is -2.31. The predicted molar refractivity (Wildman–Crippen MR) is 110 cm³/mol. The van der Waals surface area contributed by atoms with Crippen LogP contribution in [0.1, 0.15) is 25.7 Å². The highest BCUT2D eigenvalue weighted by Gasteiger charge is 2.30. The van der Waals surface area contributed by atoms with Crippen molar-refractivity contribution in [3.05, 3.63) is 46.8 Å². The lowest BCUT2D eigenvalue weighted by molar-refractivity contribution is -0.122. The van der Waals surface area contributed by atoms with E-state index in [1.165, 1.54) is 15.6 Å². The van der Waals surface area contributed by atoms with E-state index in [9.17, 15) is 13.2 Å². The molecule has 28 heavy (non-hydrogen) atoms. The molecular weight excluding hydrogens is 420 g/mol. The second-order valence-electron chi connectivity index (χ2n) is 6.56. The van der Waals surface area contributed by atoms with Crippen molar-refractivity contribution in [3.8, 4) is 5.75 Å². The fourth-order valence-corrected chi connectivity index (χ4v) is 5.86. The van der Waals surface area contributed by atoms with Crippen molar-refractivity contribution < 1.29 is 17.9 Å². The molecule has 1 N–H and O–H groups in total. The number of amides is 1. The zero-order chi connectivity index (χ0) is 20.0. The number of piperidine rings is 1. The second kappa shape index (κ2) is 9.73. The number of para-hydroxylation sites is 1. The van der Waals surface area contributed by atoms with Gasteiger partial charge in [-0.3, -0.25) is 4.79 Å². The van der Waals surface area contributed by atoms with E-state index in [2.05, 4.69) is 5.32 Å². The van der Waals surface area contributed by atoms with E-state index in [4.69, 9.17) is 16.3 Å². The normalized spacial score (nSPS) is 16.0. The standard InChI is InChI=1S/C19H23ClN2O4S2/c20-16-5-1-2-6-17(16)26-13-3-7-18(23)21-15-9-11-22(12-10-15)28(24,25)19-8-4-14-27-19/h1-2,4-6,8,14-15H,3,7,9-13H2,(H,21,23). The molecular formula is C19H23ClN2O4S2. The van der Waals surface area contributed by atoms with Gasteiger partial charge in [-0.2, -0.15) is 4.31 Å². The summed E-state index contributed by atoms with van der Waals surface area (Å²) in [6.07, 6.45) is 2.18. The van der Waals surface area contributed by atoms with Crippen LogP contribution in [0.25, 0.3) is 0 Å². The molecule has 2 aromatic rings. The zero-order valence-electron chi connectivity index (χ0n) is 15.3. The maximum atomic E-state index is 12.5. The molecule has 1 aliphatic heterocycles. The van der Waals surface area contributed by atoms with E-state index in [-0.39, 0.29) is 11.9 Å². The van der Waals surface area contributed by atoms with Gasteiger partial charge in [-0.1, -0.05) is 29.8 Å². The molecule has 3 rings (SSSR count).